The van der Waals surface area contributed by atoms with Gasteiger partial charge in [0.2, 0.25) is 5.89 Å². The minimum atomic E-state index is 0.199. The van der Waals surface area contributed by atoms with Crippen molar-refractivity contribution in [3.8, 4) is 0 Å². The Morgan fingerprint density at radius 3 is 3.07 bits per heavy atom. The predicted octanol–water partition coefficient (Wildman–Crippen LogP) is 0.448. The highest BCUT2D eigenvalue weighted by atomic mass is 16.5. The molecule has 14 heavy (non-hydrogen) atoms. The number of rotatable bonds is 4. The van der Waals surface area contributed by atoms with Gasteiger partial charge in [-0.3, -0.25) is 4.79 Å². The first kappa shape index (κ1) is 8.93. The van der Waals surface area contributed by atoms with Crippen LogP contribution in [0, 0.1) is 0 Å². The van der Waals surface area contributed by atoms with Gasteiger partial charge in [-0.25, -0.2) is 0 Å². The molecule has 0 amide bonds. The summed E-state index contributed by atoms with van der Waals surface area (Å²) >= 11 is 0. The summed E-state index contributed by atoms with van der Waals surface area (Å²) in [6.45, 7) is 0.724. The number of carbonyl (C=O) groups excluding carboxylic acids is 1. The summed E-state index contributed by atoms with van der Waals surface area (Å²) in [6, 6.07) is 0. The summed E-state index contributed by atoms with van der Waals surface area (Å²) in [5, 5.41) is 6.66. The van der Waals surface area contributed by atoms with Gasteiger partial charge >= 0.3 is 0 Å². The molecular weight excluding hydrogens is 182 g/mol. The van der Waals surface area contributed by atoms with Crippen molar-refractivity contribution in [2.24, 2.45) is 0 Å². The van der Waals surface area contributed by atoms with Gasteiger partial charge in [0, 0.05) is 31.2 Å². The lowest BCUT2D eigenvalue weighted by molar-refractivity contribution is -0.114. The van der Waals surface area contributed by atoms with Gasteiger partial charge in [-0.05, 0) is 6.42 Å². The molecule has 1 heterocycles. The van der Waals surface area contributed by atoms with Crippen molar-refractivity contribution in [2.75, 3.05) is 6.54 Å². The van der Waals surface area contributed by atoms with Crippen LogP contribution in [-0.4, -0.2) is 22.5 Å². The summed E-state index contributed by atoms with van der Waals surface area (Å²) in [5.74, 6) is 0.813. The second-order valence-electron chi connectivity index (χ2n) is 3.15. The third-order valence-electron chi connectivity index (χ3n) is 2.07. The van der Waals surface area contributed by atoms with E-state index in [4.69, 9.17) is 4.52 Å². The van der Waals surface area contributed by atoms with E-state index < -0.39 is 0 Å². The Kier molecular flexibility index (Phi) is 2.58. The summed E-state index contributed by atoms with van der Waals surface area (Å²) < 4.78 is 4.83. The maximum absolute atomic E-state index is 10.9. The van der Waals surface area contributed by atoms with Crippen molar-refractivity contribution in [3.63, 3.8) is 0 Å². The molecule has 0 unspecified atom stereocenters. The Morgan fingerprint density at radius 2 is 2.43 bits per heavy atom. The van der Waals surface area contributed by atoms with Crippen molar-refractivity contribution < 1.29 is 9.32 Å². The molecule has 0 saturated heterocycles. The molecule has 0 aliphatic heterocycles. The maximum Gasteiger partial charge on any atom is 0.228 e. The Balaban J connectivity index is 1.73. The average molecular weight is 193 g/mol. The first-order chi connectivity index (χ1) is 6.84. The van der Waals surface area contributed by atoms with Crippen LogP contribution in [0.4, 0.5) is 0 Å². The fourth-order valence-corrected chi connectivity index (χ4v) is 1.37. The second-order valence-corrected chi connectivity index (χ2v) is 3.15. The molecule has 2 rings (SSSR count). The molecule has 0 fully saturated rings. The third-order valence-corrected chi connectivity index (χ3v) is 2.07. The Hall–Kier alpha value is -1.65. The average Bonchev–Trinajstić information content (AvgIpc) is 2.77. The highest BCUT2D eigenvalue weighted by Gasteiger charge is 2.11. The molecule has 0 atom stereocenters. The standard InChI is InChI=1S/C9H11N3O2/c13-8-2-1-7(5-8)10-4-3-9-11-6-12-14-9/h5-6,10H,1-4H2. The third kappa shape index (κ3) is 2.18. The minimum absolute atomic E-state index is 0.199. The zero-order chi connectivity index (χ0) is 9.80. The summed E-state index contributed by atoms with van der Waals surface area (Å²) in [7, 11) is 0. The van der Waals surface area contributed by atoms with Crippen LogP contribution in [0.2, 0.25) is 0 Å². The van der Waals surface area contributed by atoms with Crippen molar-refractivity contribution in [2.45, 2.75) is 19.3 Å². The molecule has 1 aromatic rings. The van der Waals surface area contributed by atoms with Gasteiger partial charge in [0.25, 0.3) is 0 Å². The van der Waals surface area contributed by atoms with Crippen LogP contribution in [0.5, 0.6) is 0 Å². The van der Waals surface area contributed by atoms with E-state index in [1.807, 2.05) is 0 Å². The lowest BCUT2D eigenvalue weighted by atomic mass is 10.3. The van der Waals surface area contributed by atoms with E-state index in [1.165, 1.54) is 6.33 Å². The first-order valence-electron chi connectivity index (χ1n) is 4.57. The number of hydrogen-bond acceptors (Lipinski definition) is 5. The van der Waals surface area contributed by atoms with E-state index in [0.29, 0.717) is 18.7 Å². The molecule has 1 aliphatic rings. The highest BCUT2D eigenvalue weighted by Crippen LogP contribution is 2.11. The second kappa shape index (κ2) is 4.04. The molecule has 1 N–H and O–H groups in total. The molecule has 0 saturated carbocycles. The molecule has 74 valence electrons. The SMILES string of the molecule is O=C1C=C(NCCc2ncno2)CC1. The topological polar surface area (TPSA) is 68.0 Å². The molecule has 0 spiro atoms. The number of nitrogens with one attached hydrogen (secondary N) is 1. The number of carbonyl (C=O) groups is 1. The van der Waals surface area contributed by atoms with Crippen LogP contribution in [0.25, 0.3) is 0 Å². The van der Waals surface area contributed by atoms with Crippen molar-refractivity contribution in [1.82, 2.24) is 15.5 Å². The molecule has 0 bridgehead atoms. The van der Waals surface area contributed by atoms with E-state index in [9.17, 15) is 4.79 Å². The largest absolute Gasteiger partial charge is 0.388 e. The summed E-state index contributed by atoms with van der Waals surface area (Å²) in [4.78, 5) is 14.8. The zero-order valence-electron chi connectivity index (χ0n) is 7.69. The molecule has 0 aromatic carbocycles. The van der Waals surface area contributed by atoms with Gasteiger partial charge in [0.05, 0.1) is 0 Å². The fraction of sp³-hybridized carbons (Fsp3) is 0.444. The lowest BCUT2D eigenvalue weighted by Crippen LogP contribution is -2.15. The molecule has 1 aliphatic carbocycles. The van der Waals surface area contributed by atoms with Gasteiger partial charge < -0.3 is 9.84 Å². The van der Waals surface area contributed by atoms with Crippen LogP contribution < -0.4 is 5.32 Å². The van der Waals surface area contributed by atoms with Crippen LogP contribution >= 0.6 is 0 Å². The van der Waals surface area contributed by atoms with Crippen LogP contribution in [0.3, 0.4) is 0 Å². The minimum Gasteiger partial charge on any atom is -0.388 e. The first-order valence-corrected chi connectivity index (χ1v) is 4.57. The molecule has 1 aromatic heterocycles. The highest BCUT2D eigenvalue weighted by molar-refractivity contribution is 5.92. The molecule has 5 heteroatoms. The lowest BCUT2D eigenvalue weighted by Gasteiger charge is -2.03. The summed E-state index contributed by atoms with van der Waals surface area (Å²) in [6.07, 6.45) is 5.18. The van der Waals surface area contributed by atoms with Crippen LogP contribution in [0.15, 0.2) is 22.6 Å². The quantitative estimate of drug-likeness (QED) is 0.751. The number of hydrogen-bond donors (Lipinski definition) is 1. The molecule has 5 nitrogen and oxygen atoms in total. The van der Waals surface area contributed by atoms with Crippen molar-refractivity contribution in [1.29, 1.82) is 0 Å². The summed E-state index contributed by atoms with van der Waals surface area (Å²) in [5.41, 5.74) is 1.01. The Morgan fingerprint density at radius 1 is 1.50 bits per heavy atom. The number of aromatic nitrogens is 2. The van der Waals surface area contributed by atoms with E-state index in [0.717, 1.165) is 18.7 Å². The van der Waals surface area contributed by atoms with Gasteiger partial charge in [-0.2, -0.15) is 4.98 Å². The maximum atomic E-state index is 10.9. The normalized spacial score (nSPS) is 15.7. The monoisotopic (exact) mass is 193 g/mol. The van der Waals surface area contributed by atoms with E-state index in [-0.39, 0.29) is 5.78 Å². The smallest absolute Gasteiger partial charge is 0.228 e. The van der Waals surface area contributed by atoms with Crippen LogP contribution in [0.1, 0.15) is 18.7 Å². The van der Waals surface area contributed by atoms with Gasteiger partial charge in [-0.1, -0.05) is 5.16 Å². The van der Waals surface area contributed by atoms with E-state index >= 15 is 0 Å². The Bertz CT molecular complexity index is 343. The molecular formula is C9H11N3O2. The van der Waals surface area contributed by atoms with Gasteiger partial charge in [-0.15, -0.1) is 0 Å². The Labute approximate surface area is 81.2 Å². The van der Waals surface area contributed by atoms with Gasteiger partial charge in [0.15, 0.2) is 12.1 Å². The van der Waals surface area contributed by atoms with Crippen molar-refractivity contribution in [3.05, 3.63) is 24.0 Å². The number of allylic oxidation sites excluding steroid dienone is 2. The van der Waals surface area contributed by atoms with Gasteiger partial charge in [0.1, 0.15) is 0 Å². The van der Waals surface area contributed by atoms with E-state index in [1.54, 1.807) is 6.08 Å². The van der Waals surface area contributed by atoms with Crippen molar-refractivity contribution >= 4 is 5.78 Å². The predicted molar refractivity (Wildman–Crippen MR) is 48.3 cm³/mol. The number of ketones is 1. The molecule has 0 radical (unpaired) electrons. The zero-order valence-corrected chi connectivity index (χ0v) is 7.69. The number of nitrogens with zero attached hydrogens (tertiary/aromatic N) is 2. The van der Waals surface area contributed by atoms with E-state index in [2.05, 4.69) is 15.5 Å². The van der Waals surface area contributed by atoms with Crippen LogP contribution in [-0.2, 0) is 11.2 Å². The fourth-order valence-electron chi connectivity index (χ4n) is 1.37.